The molecule has 0 spiro atoms. The summed E-state index contributed by atoms with van der Waals surface area (Å²) < 4.78 is 0. The standard InChI is InChI=1S/C21H23N5O/c1-16-22-20(24-23-16)18-7-9-19(10-8-18)21(27)26-13-11-25(12-14-26)15-17-5-3-2-4-6-17/h2-10H,11-15H2,1H3,(H,22,23,24). The van der Waals surface area contributed by atoms with Crippen molar-refractivity contribution >= 4 is 5.91 Å². The van der Waals surface area contributed by atoms with Crippen molar-refractivity contribution in [3.63, 3.8) is 0 Å². The van der Waals surface area contributed by atoms with Crippen LogP contribution in [0.5, 0.6) is 0 Å². The second-order valence-corrected chi connectivity index (χ2v) is 6.88. The highest BCUT2D eigenvalue weighted by Gasteiger charge is 2.22. The first-order valence-electron chi connectivity index (χ1n) is 9.24. The number of hydrogen-bond donors (Lipinski definition) is 1. The van der Waals surface area contributed by atoms with E-state index in [0.29, 0.717) is 11.4 Å². The topological polar surface area (TPSA) is 65.1 Å². The minimum absolute atomic E-state index is 0.0899. The Morgan fingerprint density at radius 1 is 1.00 bits per heavy atom. The van der Waals surface area contributed by atoms with E-state index in [-0.39, 0.29) is 5.91 Å². The van der Waals surface area contributed by atoms with Gasteiger partial charge in [0.2, 0.25) is 0 Å². The number of nitrogens with zero attached hydrogens (tertiary/aromatic N) is 4. The number of hydrogen-bond acceptors (Lipinski definition) is 4. The lowest BCUT2D eigenvalue weighted by molar-refractivity contribution is 0.0628. The molecule has 1 aliphatic rings. The van der Waals surface area contributed by atoms with Crippen LogP contribution in [-0.4, -0.2) is 57.1 Å². The molecule has 138 valence electrons. The van der Waals surface area contributed by atoms with Crippen LogP contribution in [0.25, 0.3) is 11.4 Å². The Hall–Kier alpha value is -2.99. The number of amides is 1. The summed E-state index contributed by atoms with van der Waals surface area (Å²) in [4.78, 5) is 21.4. The average molecular weight is 361 g/mol. The van der Waals surface area contributed by atoms with Gasteiger partial charge in [-0.3, -0.25) is 14.8 Å². The van der Waals surface area contributed by atoms with Gasteiger partial charge in [0, 0.05) is 43.9 Å². The number of aromatic nitrogens is 3. The van der Waals surface area contributed by atoms with Crippen LogP contribution in [0, 0.1) is 6.92 Å². The predicted octanol–water partition coefficient (Wildman–Crippen LogP) is 2.74. The summed E-state index contributed by atoms with van der Waals surface area (Å²) in [6.45, 7) is 6.12. The van der Waals surface area contributed by atoms with E-state index in [0.717, 1.165) is 44.1 Å². The predicted molar refractivity (Wildman–Crippen MR) is 104 cm³/mol. The summed E-state index contributed by atoms with van der Waals surface area (Å²) in [6, 6.07) is 18.0. The van der Waals surface area contributed by atoms with Crippen LogP contribution in [0.2, 0.25) is 0 Å². The molecule has 1 saturated heterocycles. The maximum atomic E-state index is 12.8. The van der Waals surface area contributed by atoms with Crippen LogP contribution in [-0.2, 0) is 6.54 Å². The van der Waals surface area contributed by atoms with E-state index in [1.54, 1.807) is 0 Å². The van der Waals surface area contributed by atoms with E-state index in [1.807, 2.05) is 42.2 Å². The molecule has 1 amide bonds. The summed E-state index contributed by atoms with van der Waals surface area (Å²) in [5.74, 6) is 1.52. The van der Waals surface area contributed by atoms with Crippen LogP contribution < -0.4 is 0 Å². The van der Waals surface area contributed by atoms with E-state index >= 15 is 0 Å². The Balaban J connectivity index is 1.35. The minimum atomic E-state index is 0.0899. The van der Waals surface area contributed by atoms with Gasteiger partial charge >= 0.3 is 0 Å². The average Bonchev–Trinajstić information content (AvgIpc) is 3.15. The Morgan fingerprint density at radius 3 is 2.33 bits per heavy atom. The van der Waals surface area contributed by atoms with E-state index in [1.165, 1.54) is 5.56 Å². The lowest BCUT2D eigenvalue weighted by Crippen LogP contribution is -2.48. The molecule has 3 aromatic rings. The van der Waals surface area contributed by atoms with Crippen LogP contribution >= 0.6 is 0 Å². The number of carbonyl (C=O) groups excluding carboxylic acids is 1. The molecule has 6 heteroatoms. The Kier molecular flexibility index (Phi) is 4.98. The molecule has 0 saturated carbocycles. The summed E-state index contributed by atoms with van der Waals surface area (Å²) in [7, 11) is 0. The summed E-state index contributed by atoms with van der Waals surface area (Å²) in [5, 5.41) is 6.99. The molecule has 2 aromatic carbocycles. The van der Waals surface area contributed by atoms with Crippen LogP contribution in [0.3, 0.4) is 0 Å². The van der Waals surface area contributed by atoms with Gasteiger partial charge in [-0.1, -0.05) is 42.5 Å². The van der Waals surface area contributed by atoms with Crippen molar-refractivity contribution in [2.45, 2.75) is 13.5 Å². The van der Waals surface area contributed by atoms with Gasteiger partial charge in [0.1, 0.15) is 5.82 Å². The molecule has 27 heavy (non-hydrogen) atoms. The molecule has 0 radical (unpaired) electrons. The molecule has 4 rings (SSSR count). The summed E-state index contributed by atoms with van der Waals surface area (Å²) >= 11 is 0. The number of benzene rings is 2. The van der Waals surface area contributed by atoms with Gasteiger partial charge < -0.3 is 4.90 Å². The van der Waals surface area contributed by atoms with Crippen molar-refractivity contribution in [2.24, 2.45) is 0 Å². The molecule has 1 N–H and O–H groups in total. The first kappa shape index (κ1) is 17.4. The third-order valence-corrected chi connectivity index (χ3v) is 4.90. The number of piperazine rings is 1. The van der Waals surface area contributed by atoms with Crippen molar-refractivity contribution in [1.29, 1.82) is 0 Å². The van der Waals surface area contributed by atoms with Gasteiger partial charge in [-0.25, -0.2) is 4.98 Å². The number of aryl methyl sites for hydroxylation is 1. The third kappa shape index (κ3) is 4.06. The molecule has 2 heterocycles. The Labute approximate surface area is 158 Å². The molecule has 1 fully saturated rings. The zero-order valence-corrected chi connectivity index (χ0v) is 15.4. The fourth-order valence-corrected chi connectivity index (χ4v) is 3.37. The molecular weight excluding hydrogens is 338 g/mol. The van der Waals surface area contributed by atoms with Gasteiger partial charge in [-0.15, -0.1) is 0 Å². The van der Waals surface area contributed by atoms with Gasteiger partial charge in [0.25, 0.3) is 5.91 Å². The number of H-pyrrole nitrogens is 1. The van der Waals surface area contributed by atoms with Crippen LogP contribution in [0.4, 0.5) is 0 Å². The highest BCUT2D eigenvalue weighted by atomic mass is 16.2. The molecule has 0 unspecified atom stereocenters. The van der Waals surface area contributed by atoms with E-state index in [2.05, 4.69) is 44.3 Å². The lowest BCUT2D eigenvalue weighted by atomic mass is 10.1. The maximum absolute atomic E-state index is 12.8. The fourth-order valence-electron chi connectivity index (χ4n) is 3.37. The van der Waals surface area contributed by atoms with Crippen LogP contribution in [0.1, 0.15) is 21.7 Å². The third-order valence-electron chi connectivity index (χ3n) is 4.90. The largest absolute Gasteiger partial charge is 0.336 e. The summed E-state index contributed by atoms with van der Waals surface area (Å²) in [5.41, 5.74) is 2.93. The van der Waals surface area contributed by atoms with Crippen molar-refractivity contribution in [3.05, 3.63) is 71.5 Å². The first-order chi connectivity index (χ1) is 13.2. The van der Waals surface area contributed by atoms with Crippen molar-refractivity contribution < 1.29 is 4.79 Å². The maximum Gasteiger partial charge on any atom is 0.253 e. The van der Waals surface area contributed by atoms with Gasteiger partial charge in [-0.2, -0.15) is 5.10 Å². The van der Waals surface area contributed by atoms with Gasteiger partial charge in [0.15, 0.2) is 5.82 Å². The van der Waals surface area contributed by atoms with Gasteiger partial charge in [0.05, 0.1) is 0 Å². The monoisotopic (exact) mass is 361 g/mol. The van der Waals surface area contributed by atoms with E-state index < -0.39 is 0 Å². The second kappa shape index (κ2) is 7.72. The van der Waals surface area contributed by atoms with Crippen LogP contribution in [0.15, 0.2) is 54.6 Å². The van der Waals surface area contributed by atoms with Crippen molar-refractivity contribution in [2.75, 3.05) is 26.2 Å². The molecule has 1 aliphatic heterocycles. The SMILES string of the molecule is Cc1nc(-c2ccc(C(=O)N3CCN(Cc4ccccc4)CC3)cc2)n[nH]1. The highest BCUT2D eigenvalue weighted by Crippen LogP contribution is 2.17. The molecule has 0 aliphatic carbocycles. The Morgan fingerprint density at radius 2 is 1.70 bits per heavy atom. The van der Waals surface area contributed by atoms with E-state index in [9.17, 15) is 4.79 Å². The van der Waals surface area contributed by atoms with E-state index in [4.69, 9.17) is 0 Å². The minimum Gasteiger partial charge on any atom is -0.336 e. The number of nitrogens with one attached hydrogen (secondary N) is 1. The first-order valence-corrected chi connectivity index (χ1v) is 9.24. The zero-order valence-electron chi connectivity index (χ0n) is 15.4. The zero-order chi connectivity index (χ0) is 18.6. The smallest absolute Gasteiger partial charge is 0.253 e. The van der Waals surface area contributed by atoms with Crippen molar-refractivity contribution in [3.8, 4) is 11.4 Å². The fraction of sp³-hybridized carbons (Fsp3) is 0.286. The highest BCUT2D eigenvalue weighted by molar-refractivity contribution is 5.94. The molecular formula is C21H23N5O. The molecule has 0 atom stereocenters. The number of aromatic amines is 1. The van der Waals surface area contributed by atoms with Gasteiger partial charge in [-0.05, 0) is 24.6 Å². The molecule has 6 nitrogen and oxygen atoms in total. The molecule has 1 aromatic heterocycles. The number of rotatable bonds is 4. The van der Waals surface area contributed by atoms with Crippen molar-refractivity contribution in [1.82, 2.24) is 25.0 Å². The molecule has 0 bridgehead atoms. The quantitative estimate of drug-likeness (QED) is 0.776. The second-order valence-electron chi connectivity index (χ2n) is 6.88. The number of carbonyl (C=O) groups is 1. The summed E-state index contributed by atoms with van der Waals surface area (Å²) in [6.07, 6.45) is 0. The Bertz CT molecular complexity index is 896. The normalized spacial score (nSPS) is 15.1. The lowest BCUT2D eigenvalue weighted by Gasteiger charge is -2.34.